The smallest absolute Gasteiger partial charge is 0.404 e. The number of hydrogen-bond acceptors (Lipinski definition) is 3. The SMILES string of the molecule is FC(F)(F)Oc1ccccc1NC1C(C(c2ccccc2)c2ccccc2)NC2CCC[C@H]3C(C2)[C@@H]13. The molecule has 2 bridgehead atoms. The van der Waals surface area contributed by atoms with Gasteiger partial charge in [-0.05, 0) is 60.3 Å². The molecule has 2 saturated carbocycles. The van der Waals surface area contributed by atoms with Crippen LogP contribution < -0.4 is 15.4 Å². The maximum atomic E-state index is 13.2. The predicted octanol–water partition coefficient (Wildman–Crippen LogP) is 6.97. The van der Waals surface area contributed by atoms with E-state index in [0.29, 0.717) is 29.5 Å². The summed E-state index contributed by atoms with van der Waals surface area (Å²) in [4.78, 5) is 0. The van der Waals surface area contributed by atoms with E-state index in [-0.39, 0.29) is 23.8 Å². The highest BCUT2D eigenvalue weighted by molar-refractivity contribution is 5.58. The van der Waals surface area contributed by atoms with Gasteiger partial charge in [0.2, 0.25) is 0 Å². The van der Waals surface area contributed by atoms with Crippen LogP contribution in [0, 0.1) is 17.8 Å². The fourth-order valence-corrected chi connectivity index (χ4v) is 6.96. The summed E-state index contributed by atoms with van der Waals surface area (Å²) in [5.74, 6) is 1.53. The minimum Gasteiger partial charge on any atom is -0.404 e. The summed E-state index contributed by atoms with van der Waals surface area (Å²) in [5.41, 5.74) is 2.82. The van der Waals surface area contributed by atoms with E-state index in [1.54, 1.807) is 18.2 Å². The molecule has 4 unspecified atom stereocenters. The topological polar surface area (TPSA) is 33.3 Å². The van der Waals surface area contributed by atoms with Crippen LogP contribution in [0.1, 0.15) is 42.7 Å². The number of nitrogens with one attached hydrogen (secondary N) is 2. The van der Waals surface area contributed by atoms with Crippen molar-refractivity contribution in [3.05, 3.63) is 96.1 Å². The second-order valence-corrected chi connectivity index (χ2v) is 10.5. The van der Waals surface area contributed by atoms with Gasteiger partial charge in [-0.25, -0.2) is 0 Å². The molecule has 1 heterocycles. The van der Waals surface area contributed by atoms with Crippen LogP contribution >= 0.6 is 0 Å². The Bertz CT molecular complexity index is 1130. The number of benzene rings is 3. The molecular formula is C30H31F3N2O. The minimum absolute atomic E-state index is 0.0110. The third-order valence-corrected chi connectivity index (χ3v) is 8.39. The van der Waals surface area contributed by atoms with Crippen molar-refractivity contribution in [2.75, 3.05) is 5.32 Å². The molecule has 188 valence electrons. The molecule has 0 aromatic heterocycles. The highest BCUT2D eigenvalue weighted by Crippen LogP contribution is 2.59. The number of halogens is 3. The Balaban J connectivity index is 1.43. The highest BCUT2D eigenvalue weighted by atomic mass is 19.4. The first-order valence-electron chi connectivity index (χ1n) is 13.0. The second-order valence-electron chi connectivity index (χ2n) is 10.5. The lowest BCUT2D eigenvalue weighted by Gasteiger charge is -2.38. The van der Waals surface area contributed by atoms with Crippen molar-refractivity contribution in [3.63, 3.8) is 0 Å². The summed E-state index contributed by atoms with van der Waals surface area (Å²) < 4.78 is 44.1. The Kier molecular flexibility index (Phi) is 6.16. The lowest BCUT2D eigenvalue weighted by atomic mass is 9.80. The van der Waals surface area contributed by atoms with E-state index >= 15 is 0 Å². The van der Waals surface area contributed by atoms with E-state index in [0.717, 1.165) is 12.8 Å². The van der Waals surface area contributed by atoms with Gasteiger partial charge in [0, 0.05) is 24.0 Å². The quantitative estimate of drug-likeness (QED) is 0.390. The van der Waals surface area contributed by atoms with E-state index in [9.17, 15) is 13.2 Å². The van der Waals surface area contributed by atoms with Gasteiger partial charge in [0.1, 0.15) is 0 Å². The number of fused-ring (bicyclic) bond motifs is 2. The first kappa shape index (κ1) is 23.4. The minimum atomic E-state index is -4.74. The first-order chi connectivity index (χ1) is 17.5. The molecule has 3 nitrogen and oxygen atoms in total. The third-order valence-electron chi connectivity index (χ3n) is 8.39. The molecule has 0 spiro atoms. The highest BCUT2D eigenvalue weighted by Gasteiger charge is 2.59. The van der Waals surface area contributed by atoms with Crippen LogP contribution in [0.4, 0.5) is 18.9 Å². The second kappa shape index (κ2) is 9.47. The Hall–Kier alpha value is -2.99. The fraction of sp³-hybridized carbons (Fsp3) is 0.400. The Morgan fingerprint density at radius 2 is 1.44 bits per heavy atom. The van der Waals surface area contributed by atoms with Crippen LogP contribution in [0.3, 0.4) is 0 Å². The van der Waals surface area contributed by atoms with E-state index < -0.39 is 6.36 Å². The first-order valence-corrected chi connectivity index (χ1v) is 13.0. The van der Waals surface area contributed by atoms with Gasteiger partial charge < -0.3 is 15.4 Å². The van der Waals surface area contributed by atoms with Gasteiger partial charge in [-0.1, -0.05) is 79.2 Å². The molecule has 1 saturated heterocycles. The number of anilines is 1. The monoisotopic (exact) mass is 492 g/mol. The maximum Gasteiger partial charge on any atom is 0.573 e. The number of rotatable bonds is 6. The van der Waals surface area contributed by atoms with Gasteiger partial charge >= 0.3 is 6.36 Å². The molecule has 3 fully saturated rings. The van der Waals surface area contributed by atoms with Gasteiger partial charge in [0.25, 0.3) is 0 Å². The van der Waals surface area contributed by atoms with Gasteiger partial charge in [-0.3, -0.25) is 0 Å². The summed E-state index contributed by atoms with van der Waals surface area (Å²) in [7, 11) is 0. The summed E-state index contributed by atoms with van der Waals surface area (Å²) in [6.07, 6.45) is -0.0630. The maximum absolute atomic E-state index is 13.2. The zero-order valence-electron chi connectivity index (χ0n) is 20.0. The number of para-hydroxylation sites is 2. The summed E-state index contributed by atoms with van der Waals surface area (Å²) in [6.45, 7) is 0. The van der Waals surface area contributed by atoms with Crippen molar-refractivity contribution in [2.24, 2.45) is 17.8 Å². The predicted molar refractivity (Wildman–Crippen MR) is 135 cm³/mol. The van der Waals surface area contributed by atoms with Gasteiger partial charge in [-0.2, -0.15) is 0 Å². The molecule has 36 heavy (non-hydrogen) atoms. The largest absolute Gasteiger partial charge is 0.573 e. The zero-order valence-corrected chi connectivity index (χ0v) is 20.0. The average Bonchev–Trinajstić information content (AvgIpc) is 3.59. The lowest BCUT2D eigenvalue weighted by Crippen LogP contribution is -2.51. The van der Waals surface area contributed by atoms with Crippen molar-refractivity contribution < 1.29 is 17.9 Å². The molecule has 3 aromatic rings. The Morgan fingerprint density at radius 3 is 2.11 bits per heavy atom. The molecule has 3 aromatic carbocycles. The number of hydrogen-bond donors (Lipinski definition) is 2. The molecular weight excluding hydrogens is 461 g/mol. The number of alkyl halides is 3. The molecule has 6 heteroatoms. The van der Waals surface area contributed by atoms with E-state index in [1.165, 1.54) is 30.0 Å². The van der Waals surface area contributed by atoms with Gasteiger partial charge in [0.15, 0.2) is 5.75 Å². The number of ether oxygens (including phenoxy) is 1. The molecule has 6 atom stereocenters. The molecule has 1 aliphatic heterocycles. The van der Waals surface area contributed by atoms with Crippen LogP contribution in [0.25, 0.3) is 0 Å². The normalized spacial score (nSPS) is 29.2. The summed E-state index contributed by atoms with van der Waals surface area (Å²) in [5, 5.41) is 7.61. The molecule has 0 amide bonds. The van der Waals surface area contributed by atoms with Gasteiger partial charge in [0.05, 0.1) is 5.69 Å². The van der Waals surface area contributed by atoms with Gasteiger partial charge in [-0.15, -0.1) is 13.2 Å². The van der Waals surface area contributed by atoms with Crippen LogP contribution in [-0.2, 0) is 0 Å². The van der Waals surface area contributed by atoms with Crippen LogP contribution in [0.2, 0.25) is 0 Å². The molecule has 0 radical (unpaired) electrons. The molecule has 6 rings (SSSR count). The van der Waals surface area contributed by atoms with Crippen molar-refractivity contribution in [1.82, 2.24) is 5.32 Å². The van der Waals surface area contributed by atoms with E-state index in [4.69, 9.17) is 0 Å². The third kappa shape index (κ3) is 4.71. The van der Waals surface area contributed by atoms with Crippen molar-refractivity contribution in [3.8, 4) is 5.75 Å². The fourth-order valence-electron chi connectivity index (χ4n) is 6.96. The van der Waals surface area contributed by atoms with E-state index in [2.05, 4.69) is 63.9 Å². The van der Waals surface area contributed by atoms with Crippen LogP contribution in [-0.4, -0.2) is 24.5 Å². The van der Waals surface area contributed by atoms with Crippen LogP contribution in [0.15, 0.2) is 84.9 Å². The lowest BCUT2D eigenvalue weighted by molar-refractivity contribution is -0.274. The molecule has 3 aliphatic rings. The molecule has 2 aliphatic carbocycles. The Labute approximate surface area is 210 Å². The zero-order chi connectivity index (χ0) is 24.7. The Morgan fingerprint density at radius 1 is 0.806 bits per heavy atom. The van der Waals surface area contributed by atoms with E-state index in [1.807, 2.05) is 12.1 Å². The van der Waals surface area contributed by atoms with Crippen molar-refractivity contribution >= 4 is 5.69 Å². The van der Waals surface area contributed by atoms with Crippen LogP contribution in [0.5, 0.6) is 5.75 Å². The average molecular weight is 493 g/mol. The molecule has 2 N–H and O–H groups in total. The summed E-state index contributed by atoms with van der Waals surface area (Å²) in [6, 6.07) is 27.8. The summed E-state index contributed by atoms with van der Waals surface area (Å²) >= 11 is 0. The van der Waals surface area contributed by atoms with Crippen molar-refractivity contribution in [2.45, 2.75) is 56.1 Å². The standard InChI is InChI=1S/C30H31F3N2O/c31-30(32,33)36-25-17-8-7-16-24(25)35-29-27-22-15-9-14-21(18-23(22)27)34-28(29)26(19-10-3-1-4-11-19)20-12-5-2-6-13-20/h1-8,10-13,16-17,21-23,26-29,34-35H,9,14-15,18H2/t21?,22-,23?,27-,28?,29?/m0/s1. The van der Waals surface area contributed by atoms with Crippen molar-refractivity contribution in [1.29, 1.82) is 0 Å².